The van der Waals surface area contributed by atoms with Gasteiger partial charge in [-0.1, -0.05) is 31.9 Å². The number of hydrogen-bond acceptors (Lipinski definition) is 4. The van der Waals surface area contributed by atoms with Crippen molar-refractivity contribution in [3.05, 3.63) is 44.5 Å². The van der Waals surface area contributed by atoms with Gasteiger partial charge in [-0.25, -0.2) is 0 Å². The third-order valence-corrected chi connectivity index (χ3v) is 7.24. The van der Waals surface area contributed by atoms with E-state index in [1.165, 1.54) is 0 Å². The zero-order chi connectivity index (χ0) is 19.6. The first kappa shape index (κ1) is 18.9. The Morgan fingerprint density at radius 3 is 1.56 bits per heavy atom. The number of rotatable bonds is 2. The van der Waals surface area contributed by atoms with Gasteiger partial charge in [0.25, 0.3) is 0 Å². The maximum Gasteiger partial charge on any atom is 0.242 e. The highest BCUT2D eigenvalue weighted by Crippen LogP contribution is 2.56. The van der Waals surface area contributed by atoms with Crippen LogP contribution < -0.4 is 9.47 Å². The first-order chi connectivity index (χ1) is 12.8. The number of hydrogen-bond donors (Lipinski definition) is 2. The molecule has 144 valence electrons. The Morgan fingerprint density at radius 2 is 1.19 bits per heavy atom. The van der Waals surface area contributed by atoms with Gasteiger partial charge in [-0.3, -0.25) is 0 Å². The molecule has 2 aliphatic rings. The summed E-state index contributed by atoms with van der Waals surface area (Å²) in [5.41, 5.74) is 7.21. The van der Waals surface area contributed by atoms with Crippen LogP contribution in [0.3, 0.4) is 0 Å². The number of halogens is 2. The summed E-state index contributed by atoms with van der Waals surface area (Å²) in [6, 6.07) is 0. The van der Waals surface area contributed by atoms with Gasteiger partial charge in [0.1, 0.15) is 23.0 Å². The topological polar surface area (TPSA) is 58.9 Å². The predicted molar refractivity (Wildman–Crippen MR) is 112 cm³/mol. The highest BCUT2D eigenvalue weighted by atomic mass is 79.9. The van der Waals surface area contributed by atoms with E-state index in [-0.39, 0.29) is 12.2 Å². The summed E-state index contributed by atoms with van der Waals surface area (Å²) in [7, 11) is 0. The molecule has 0 saturated heterocycles. The number of benzene rings is 2. The lowest BCUT2D eigenvalue weighted by Crippen LogP contribution is -2.37. The third kappa shape index (κ3) is 2.52. The molecule has 0 unspecified atom stereocenters. The maximum absolute atomic E-state index is 10.8. The lowest BCUT2D eigenvalue weighted by molar-refractivity contribution is -0.0281. The summed E-state index contributed by atoms with van der Waals surface area (Å²) in [6.45, 7) is 7.75. The highest BCUT2D eigenvalue weighted by Gasteiger charge is 2.43. The fourth-order valence-corrected chi connectivity index (χ4v) is 5.48. The van der Waals surface area contributed by atoms with Gasteiger partial charge in [-0.05, 0) is 49.9 Å². The minimum Gasteiger partial charge on any atom is -0.507 e. The van der Waals surface area contributed by atoms with Crippen LogP contribution in [0.5, 0.6) is 23.0 Å². The molecule has 2 aromatic rings. The maximum atomic E-state index is 10.8. The van der Waals surface area contributed by atoms with Crippen molar-refractivity contribution >= 4 is 31.9 Å². The van der Waals surface area contributed by atoms with Crippen LogP contribution in [0.25, 0.3) is 0 Å². The molecule has 0 fully saturated rings. The van der Waals surface area contributed by atoms with Crippen LogP contribution in [0.15, 0.2) is 0 Å². The standard InChI is InChI=1S/C21H22Br2O4/c1-8-10(3)20-16(13(6-22)18(8)24)12-5-15(26-20)27-21-11(4)9(2)19(25)14(7-23)17(12)21/h12,15,24-25H,5-7H2,1-4H3. The zero-order valence-electron chi connectivity index (χ0n) is 15.7. The van der Waals surface area contributed by atoms with Crippen molar-refractivity contribution in [1.82, 2.24) is 0 Å². The summed E-state index contributed by atoms with van der Waals surface area (Å²) in [4.78, 5) is 0. The Labute approximate surface area is 175 Å². The van der Waals surface area contributed by atoms with Crippen molar-refractivity contribution in [3.8, 4) is 23.0 Å². The minimum absolute atomic E-state index is 0.00185. The summed E-state index contributed by atoms with van der Waals surface area (Å²) >= 11 is 7.09. The molecule has 0 radical (unpaired) electrons. The second-order valence-corrected chi connectivity index (χ2v) is 8.48. The molecule has 6 heteroatoms. The van der Waals surface area contributed by atoms with E-state index in [2.05, 4.69) is 31.9 Å². The molecule has 27 heavy (non-hydrogen) atoms. The van der Waals surface area contributed by atoms with E-state index in [1.54, 1.807) is 0 Å². The van der Waals surface area contributed by atoms with Gasteiger partial charge in [-0.2, -0.15) is 0 Å². The lowest BCUT2D eigenvalue weighted by atomic mass is 9.77. The van der Waals surface area contributed by atoms with Gasteiger partial charge in [0.15, 0.2) is 0 Å². The Bertz CT molecular complexity index is 893. The number of phenols is 2. The van der Waals surface area contributed by atoms with Crippen molar-refractivity contribution < 1.29 is 19.7 Å². The van der Waals surface area contributed by atoms with Gasteiger partial charge in [0.05, 0.1) is 0 Å². The summed E-state index contributed by atoms with van der Waals surface area (Å²) in [5.74, 6) is 2.21. The summed E-state index contributed by atoms with van der Waals surface area (Å²) in [5, 5.41) is 22.6. The van der Waals surface area contributed by atoms with Crippen LogP contribution in [0.4, 0.5) is 0 Å². The first-order valence-electron chi connectivity index (χ1n) is 8.96. The quantitative estimate of drug-likeness (QED) is 0.518. The molecule has 0 saturated carbocycles. The van der Waals surface area contributed by atoms with Crippen LogP contribution in [0, 0.1) is 27.7 Å². The van der Waals surface area contributed by atoms with Crippen LogP contribution in [0.1, 0.15) is 56.8 Å². The Kier molecular flexibility index (Phi) is 4.62. The van der Waals surface area contributed by atoms with Crippen molar-refractivity contribution in [2.45, 2.75) is 57.0 Å². The first-order valence-corrected chi connectivity index (χ1v) is 11.2. The van der Waals surface area contributed by atoms with Gasteiger partial charge in [-0.15, -0.1) is 0 Å². The fourth-order valence-electron chi connectivity index (χ4n) is 4.35. The number of phenolic OH excluding ortho intramolecular Hbond substituents is 2. The van der Waals surface area contributed by atoms with E-state index < -0.39 is 0 Å². The monoisotopic (exact) mass is 496 g/mol. The van der Waals surface area contributed by atoms with Crippen LogP contribution >= 0.6 is 31.9 Å². The van der Waals surface area contributed by atoms with Gasteiger partial charge < -0.3 is 19.7 Å². The SMILES string of the molecule is Cc1c(C)c2c(c(CBr)c1O)C1CC(O2)Oc2c(C)c(C)c(O)c(CBr)c21. The molecule has 0 amide bonds. The fraction of sp³-hybridized carbons (Fsp3) is 0.429. The van der Waals surface area contributed by atoms with Gasteiger partial charge in [0, 0.05) is 45.3 Å². The largest absolute Gasteiger partial charge is 0.507 e. The van der Waals surface area contributed by atoms with E-state index in [1.807, 2.05) is 27.7 Å². The van der Waals surface area contributed by atoms with Gasteiger partial charge >= 0.3 is 0 Å². The smallest absolute Gasteiger partial charge is 0.242 e. The van der Waals surface area contributed by atoms with E-state index in [0.29, 0.717) is 28.6 Å². The minimum atomic E-state index is -0.369. The Morgan fingerprint density at radius 1 is 0.778 bits per heavy atom. The normalized spacial score (nSPS) is 19.8. The predicted octanol–water partition coefficient (Wildman–Crippen LogP) is 5.75. The van der Waals surface area contributed by atoms with Gasteiger partial charge in [0.2, 0.25) is 6.29 Å². The number of fused-ring (bicyclic) bond motifs is 6. The molecule has 2 aliphatic heterocycles. The van der Waals surface area contributed by atoms with Crippen molar-refractivity contribution in [2.75, 3.05) is 0 Å². The third-order valence-electron chi connectivity index (χ3n) is 6.12. The van der Waals surface area contributed by atoms with Crippen molar-refractivity contribution in [2.24, 2.45) is 0 Å². The lowest BCUT2D eigenvalue weighted by Gasteiger charge is -2.41. The van der Waals surface area contributed by atoms with Crippen LogP contribution in [0.2, 0.25) is 0 Å². The number of alkyl halides is 2. The molecule has 4 rings (SSSR count). The molecule has 0 atom stereocenters. The van der Waals surface area contributed by atoms with Crippen LogP contribution in [-0.2, 0) is 10.7 Å². The molecule has 0 spiro atoms. The molecule has 0 aromatic heterocycles. The van der Waals surface area contributed by atoms with Crippen molar-refractivity contribution in [3.63, 3.8) is 0 Å². The zero-order valence-corrected chi connectivity index (χ0v) is 18.9. The molecule has 2 aromatic carbocycles. The molecule has 2 heterocycles. The second-order valence-electron chi connectivity index (χ2n) is 7.36. The number of aromatic hydroxyl groups is 2. The Balaban J connectivity index is 2.09. The molecule has 4 nitrogen and oxygen atoms in total. The Hall–Kier alpha value is -1.40. The average Bonchev–Trinajstić information content (AvgIpc) is 2.66. The van der Waals surface area contributed by atoms with Crippen molar-refractivity contribution in [1.29, 1.82) is 0 Å². The summed E-state index contributed by atoms with van der Waals surface area (Å²) in [6.07, 6.45) is 0.288. The van der Waals surface area contributed by atoms with E-state index >= 15 is 0 Å². The number of ether oxygens (including phenoxy) is 2. The molecule has 2 bridgehead atoms. The molecular formula is C21H22Br2O4. The summed E-state index contributed by atoms with van der Waals surface area (Å²) < 4.78 is 12.5. The van der Waals surface area contributed by atoms with E-state index in [0.717, 1.165) is 56.0 Å². The van der Waals surface area contributed by atoms with E-state index in [9.17, 15) is 10.2 Å². The highest BCUT2D eigenvalue weighted by molar-refractivity contribution is 9.08. The van der Waals surface area contributed by atoms with Crippen LogP contribution in [-0.4, -0.2) is 16.5 Å². The molecule has 2 N–H and O–H groups in total. The second kappa shape index (κ2) is 6.59. The molecule has 0 aliphatic carbocycles. The average molecular weight is 498 g/mol. The van der Waals surface area contributed by atoms with E-state index in [4.69, 9.17) is 9.47 Å². The molecular weight excluding hydrogens is 476 g/mol.